The van der Waals surface area contributed by atoms with E-state index in [9.17, 15) is 31.1 Å². The molecule has 1 aliphatic carbocycles. The van der Waals surface area contributed by atoms with E-state index in [1.807, 2.05) is 0 Å². The maximum atomic E-state index is 13.0. The Labute approximate surface area is 173 Å². The number of benzene rings is 1. The van der Waals surface area contributed by atoms with Crippen LogP contribution in [0.2, 0.25) is 10.0 Å². The second kappa shape index (κ2) is 7.47. The van der Waals surface area contributed by atoms with Crippen LogP contribution in [-0.4, -0.2) is 27.2 Å². The summed E-state index contributed by atoms with van der Waals surface area (Å²) < 4.78 is 78.2. The highest BCUT2D eigenvalue weighted by Crippen LogP contribution is 2.44. The van der Waals surface area contributed by atoms with Crippen molar-refractivity contribution in [3.63, 3.8) is 0 Å². The molecule has 1 amide bonds. The number of thioether (sulfide) groups is 1. The molecule has 3 rings (SSSR count). The third-order valence-corrected chi connectivity index (χ3v) is 5.19. The van der Waals surface area contributed by atoms with E-state index < -0.39 is 61.4 Å². The molecule has 5 nitrogen and oxygen atoms in total. The maximum absolute atomic E-state index is 13.0. The van der Waals surface area contributed by atoms with E-state index in [-0.39, 0.29) is 11.7 Å². The van der Waals surface area contributed by atoms with Crippen LogP contribution in [0.5, 0.6) is 0 Å². The molecular formula is C15H10Cl2F6N4OS. The van der Waals surface area contributed by atoms with Crippen molar-refractivity contribution in [1.82, 2.24) is 15.1 Å². The van der Waals surface area contributed by atoms with E-state index in [0.29, 0.717) is 29.7 Å². The molecule has 0 saturated heterocycles. The van der Waals surface area contributed by atoms with Gasteiger partial charge in [-0.05, 0) is 36.7 Å². The second-order valence-corrected chi connectivity index (χ2v) is 7.95. The number of nitrogen functional groups attached to an aromatic ring is 1. The van der Waals surface area contributed by atoms with Crippen molar-refractivity contribution < 1.29 is 31.1 Å². The first kappa shape index (κ1) is 21.9. The lowest BCUT2D eigenvalue weighted by atomic mass is 10.2. The summed E-state index contributed by atoms with van der Waals surface area (Å²) >= 11 is 11.1. The van der Waals surface area contributed by atoms with Crippen molar-refractivity contribution in [3.05, 3.63) is 33.4 Å². The summed E-state index contributed by atoms with van der Waals surface area (Å²) in [7, 11) is 0. The number of carbonyl (C=O) groups is 1. The first-order chi connectivity index (χ1) is 13.3. The molecule has 29 heavy (non-hydrogen) atoms. The van der Waals surface area contributed by atoms with Crippen LogP contribution < -0.4 is 11.1 Å². The van der Waals surface area contributed by atoms with Gasteiger partial charge in [0.15, 0.2) is 5.69 Å². The molecule has 0 atom stereocenters. The lowest BCUT2D eigenvalue weighted by molar-refractivity contribution is -0.137. The highest BCUT2D eigenvalue weighted by molar-refractivity contribution is 8.00. The Bertz CT molecular complexity index is 948. The Kier molecular flexibility index (Phi) is 5.65. The van der Waals surface area contributed by atoms with Crippen LogP contribution in [0.15, 0.2) is 17.0 Å². The van der Waals surface area contributed by atoms with Crippen LogP contribution >= 0.6 is 35.0 Å². The van der Waals surface area contributed by atoms with Gasteiger partial charge in [-0.2, -0.15) is 31.4 Å². The predicted molar refractivity (Wildman–Crippen MR) is 95.4 cm³/mol. The van der Waals surface area contributed by atoms with Crippen LogP contribution in [0.3, 0.4) is 0 Å². The monoisotopic (exact) mass is 478 g/mol. The average Bonchev–Trinajstić information content (AvgIpc) is 3.31. The minimum Gasteiger partial charge on any atom is -0.383 e. The SMILES string of the molecule is Nc1c(SC(F)(F)F)c(C(=O)NC2CC2)nn1-c1c(Cl)cc(C(F)(F)F)cc1Cl. The number of hydrogen-bond donors (Lipinski definition) is 2. The van der Waals surface area contributed by atoms with Gasteiger partial charge in [0.1, 0.15) is 11.5 Å². The van der Waals surface area contributed by atoms with Crippen molar-refractivity contribution in [3.8, 4) is 5.69 Å². The second-order valence-electron chi connectivity index (χ2n) is 6.06. The van der Waals surface area contributed by atoms with E-state index in [2.05, 4.69) is 10.4 Å². The van der Waals surface area contributed by atoms with Crippen LogP contribution in [0.1, 0.15) is 28.9 Å². The van der Waals surface area contributed by atoms with Gasteiger partial charge >= 0.3 is 11.7 Å². The number of aromatic nitrogens is 2. The maximum Gasteiger partial charge on any atom is 0.446 e. The smallest absolute Gasteiger partial charge is 0.383 e. The number of nitrogens with one attached hydrogen (secondary N) is 1. The molecule has 0 bridgehead atoms. The van der Waals surface area contributed by atoms with E-state index in [1.54, 1.807) is 0 Å². The van der Waals surface area contributed by atoms with E-state index >= 15 is 0 Å². The lowest BCUT2D eigenvalue weighted by Gasteiger charge is -2.13. The molecule has 1 aromatic carbocycles. The molecule has 0 unspecified atom stereocenters. The van der Waals surface area contributed by atoms with Gasteiger partial charge in [0, 0.05) is 6.04 Å². The van der Waals surface area contributed by atoms with E-state index in [1.165, 1.54) is 0 Å². The third-order valence-electron chi connectivity index (χ3n) is 3.78. The molecular weight excluding hydrogens is 469 g/mol. The Morgan fingerprint density at radius 3 is 2.17 bits per heavy atom. The number of alkyl halides is 6. The molecule has 0 radical (unpaired) electrons. The van der Waals surface area contributed by atoms with Crippen molar-refractivity contribution in [2.45, 2.75) is 35.5 Å². The Morgan fingerprint density at radius 2 is 1.72 bits per heavy atom. The van der Waals surface area contributed by atoms with Gasteiger partial charge in [0.05, 0.1) is 20.5 Å². The number of nitrogens with zero attached hydrogens (tertiary/aromatic N) is 2. The molecule has 1 saturated carbocycles. The van der Waals surface area contributed by atoms with Crippen LogP contribution in [0.4, 0.5) is 32.2 Å². The van der Waals surface area contributed by atoms with Gasteiger partial charge in [-0.25, -0.2) is 4.68 Å². The van der Waals surface area contributed by atoms with Crippen molar-refractivity contribution >= 4 is 46.7 Å². The van der Waals surface area contributed by atoms with Gasteiger partial charge in [0.25, 0.3) is 5.91 Å². The summed E-state index contributed by atoms with van der Waals surface area (Å²) in [5.41, 5.74) is -1.24. The minimum atomic E-state index is -4.80. The van der Waals surface area contributed by atoms with Crippen molar-refractivity contribution in [1.29, 1.82) is 0 Å². The fraction of sp³-hybridized carbons (Fsp3) is 0.333. The Hall–Kier alpha value is -1.79. The standard InChI is InChI=1S/C15H10Cl2F6N4OS/c16-7-3-5(14(18,19)20)4-8(17)10(7)27-12(24)11(29-15(21,22)23)9(26-27)13(28)25-6-1-2-6/h3-4,6H,1-2,24H2,(H,25,28). The van der Waals surface area contributed by atoms with Gasteiger partial charge in [-0.15, -0.1) is 0 Å². The van der Waals surface area contributed by atoms with Crippen LogP contribution in [-0.2, 0) is 6.18 Å². The highest BCUT2D eigenvalue weighted by Gasteiger charge is 2.38. The summed E-state index contributed by atoms with van der Waals surface area (Å²) in [6.45, 7) is 0. The van der Waals surface area contributed by atoms with E-state index in [0.717, 1.165) is 0 Å². The molecule has 2 aromatic rings. The zero-order valence-corrected chi connectivity index (χ0v) is 16.3. The van der Waals surface area contributed by atoms with Gasteiger partial charge < -0.3 is 11.1 Å². The summed E-state index contributed by atoms with van der Waals surface area (Å²) in [6, 6.07) is 0.880. The molecule has 1 fully saturated rings. The lowest BCUT2D eigenvalue weighted by Crippen LogP contribution is -2.26. The zero-order valence-electron chi connectivity index (χ0n) is 14.0. The normalized spacial score (nSPS) is 14.9. The number of halogens is 8. The molecule has 1 aromatic heterocycles. The topological polar surface area (TPSA) is 72.9 Å². The number of carbonyl (C=O) groups excluding carboxylic acids is 1. The van der Waals surface area contributed by atoms with E-state index in [4.69, 9.17) is 28.9 Å². The quantitative estimate of drug-likeness (QED) is 0.462. The average molecular weight is 479 g/mol. The molecule has 1 aliphatic rings. The third kappa shape index (κ3) is 4.86. The van der Waals surface area contributed by atoms with Gasteiger partial charge in [0.2, 0.25) is 0 Å². The number of anilines is 1. The molecule has 1 heterocycles. The highest BCUT2D eigenvalue weighted by atomic mass is 35.5. The fourth-order valence-corrected chi connectivity index (χ4v) is 3.66. The summed E-state index contributed by atoms with van der Waals surface area (Å²) in [4.78, 5) is 11.6. The minimum absolute atomic E-state index is 0.184. The number of rotatable bonds is 4. The largest absolute Gasteiger partial charge is 0.446 e. The number of nitrogens with two attached hydrogens (primary N) is 1. The molecule has 3 N–H and O–H groups in total. The molecule has 158 valence electrons. The molecule has 14 heteroatoms. The summed E-state index contributed by atoms with van der Waals surface area (Å²) in [6.07, 6.45) is -3.42. The van der Waals surface area contributed by atoms with Gasteiger partial charge in [-0.1, -0.05) is 23.2 Å². The Balaban J connectivity index is 2.13. The molecule has 0 spiro atoms. The fourth-order valence-electron chi connectivity index (χ4n) is 2.37. The van der Waals surface area contributed by atoms with Crippen LogP contribution in [0.25, 0.3) is 5.69 Å². The summed E-state index contributed by atoms with van der Waals surface area (Å²) in [5.74, 6) is -1.54. The van der Waals surface area contributed by atoms with Gasteiger partial charge in [-0.3, -0.25) is 4.79 Å². The zero-order chi connectivity index (χ0) is 21.7. The summed E-state index contributed by atoms with van der Waals surface area (Å²) in [5, 5.41) is 5.13. The first-order valence-electron chi connectivity index (χ1n) is 7.79. The van der Waals surface area contributed by atoms with Crippen molar-refractivity contribution in [2.24, 2.45) is 0 Å². The van der Waals surface area contributed by atoms with Crippen molar-refractivity contribution in [2.75, 3.05) is 5.73 Å². The predicted octanol–water partition coefficient (Wildman–Crippen LogP) is 5.28. The Morgan fingerprint density at radius 1 is 1.17 bits per heavy atom. The number of hydrogen-bond acceptors (Lipinski definition) is 4. The molecule has 0 aliphatic heterocycles. The number of amides is 1. The van der Waals surface area contributed by atoms with Crippen LogP contribution in [0, 0.1) is 0 Å². The first-order valence-corrected chi connectivity index (χ1v) is 9.37.